The van der Waals surface area contributed by atoms with Gasteiger partial charge in [0.1, 0.15) is 0 Å². The van der Waals surface area contributed by atoms with Gasteiger partial charge in [-0.25, -0.2) is 0 Å². The molecule has 0 N–H and O–H groups in total. The lowest BCUT2D eigenvalue weighted by Gasteiger charge is -1.93. The van der Waals surface area contributed by atoms with Gasteiger partial charge in [0.05, 0.1) is 17.2 Å². The Labute approximate surface area is 94.7 Å². The lowest BCUT2D eigenvalue weighted by atomic mass is 10.2. The number of halogens is 1. The number of aromatic nitrogens is 2. The summed E-state index contributed by atoms with van der Waals surface area (Å²) in [5.41, 5.74) is 2.42. The Kier molecular flexibility index (Phi) is 1.73. The Hall–Kier alpha value is -1.10. The summed E-state index contributed by atoms with van der Waals surface area (Å²) in [6.45, 7) is 0. The molecule has 68 valence electrons. The zero-order valence-corrected chi connectivity index (χ0v) is 9.47. The number of fused-ring (bicyclic) bond motifs is 3. The smallest absolute Gasteiger partial charge is 0.0781 e. The van der Waals surface area contributed by atoms with Crippen molar-refractivity contribution in [2.24, 2.45) is 0 Å². The fourth-order valence-electron chi connectivity index (χ4n) is 1.74. The molecule has 0 bridgehead atoms. The van der Waals surface area contributed by atoms with Crippen molar-refractivity contribution >= 4 is 39.0 Å². The summed E-state index contributed by atoms with van der Waals surface area (Å²) < 4.78 is 3.44. The molecule has 0 amide bonds. The molecule has 0 atom stereocenters. The molecular formula is C11H7IN2. The minimum absolute atomic E-state index is 1.18. The van der Waals surface area contributed by atoms with E-state index in [2.05, 4.69) is 56.2 Å². The third-order valence-corrected chi connectivity index (χ3v) is 3.52. The number of benzene rings is 1. The van der Waals surface area contributed by atoms with E-state index in [-0.39, 0.29) is 0 Å². The zero-order chi connectivity index (χ0) is 9.54. The predicted molar refractivity (Wildman–Crippen MR) is 65.4 cm³/mol. The fraction of sp³-hybridized carbons (Fsp3) is 0. The van der Waals surface area contributed by atoms with Crippen molar-refractivity contribution in [3.8, 4) is 0 Å². The van der Waals surface area contributed by atoms with Crippen LogP contribution in [-0.4, -0.2) is 9.38 Å². The monoisotopic (exact) mass is 294 g/mol. The van der Waals surface area contributed by atoms with Gasteiger partial charge in [-0.15, -0.1) is 0 Å². The second kappa shape index (κ2) is 2.95. The first-order chi connectivity index (χ1) is 6.88. The summed E-state index contributed by atoms with van der Waals surface area (Å²) in [4.78, 5) is 4.14. The van der Waals surface area contributed by atoms with Crippen LogP contribution in [0.15, 0.2) is 42.9 Å². The first-order valence-electron chi connectivity index (χ1n) is 4.36. The van der Waals surface area contributed by atoms with Crippen LogP contribution in [0.25, 0.3) is 16.4 Å². The topological polar surface area (TPSA) is 17.3 Å². The number of nitrogens with zero attached hydrogens (tertiary/aromatic N) is 2. The second-order valence-electron chi connectivity index (χ2n) is 3.16. The van der Waals surface area contributed by atoms with Crippen LogP contribution in [0.5, 0.6) is 0 Å². The van der Waals surface area contributed by atoms with Crippen LogP contribution in [0, 0.1) is 3.57 Å². The van der Waals surface area contributed by atoms with Crippen molar-refractivity contribution in [3.05, 3.63) is 46.4 Å². The van der Waals surface area contributed by atoms with Crippen molar-refractivity contribution in [3.63, 3.8) is 0 Å². The lowest BCUT2D eigenvalue weighted by molar-refractivity contribution is 1.17. The highest BCUT2D eigenvalue weighted by atomic mass is 127. The maximum Gasteiger partial charge on any atom is 0.0781 e. The highest BCUT2D eigenvalue weighted by molar-refractivity contribution is 14.1. The average Bonchev–Trinajstić information content (AvgIpc) is 2.55. The highest BCUT2D eigenvalue weighted by Gasteiger charge is 2.07. The van der Waals surface area contributed by atoms with Gasteiger partial charge in [0.2, 0.25) is 0 Å². The normalized spacial score (nSPS) is 11.2. The van der Waals surface area contributed by atoms with Crippen LogP contribution in [0.4, 0.5) is 0 Å². The molecule has 2 aromatic heterocycles. The van der Waals surface area contributed by atoms with Gasteiger partial charge in [-0.1, -0.05) is 18.2 Å². The van der Waals surface area contributed by atoms with Crippen molar-refractivity contribution in [1.82, 2.24) is 9.38 Å². The number of para-hydroxylation sites is 1. The SMILES string of the molecule is Ic1c2ccccc2n2ccncc12. The molecule has 14 heavy (non-hydrogen) atoms. The van der Waals surface area contributed by atoms with Gasteiger partial charge in [0.15, 0.2) is 0 Å². The molecule has 0 radical (unpaired) electrons. The highest BCUT2D eigenvalue weighted by Crippen LogP contribution is 2.26. The number of hydrogen-bond donors (Lipinski definition) is 0. The van der Waals surface area contributed by atoms with E-state index in [1.54, 1.807) is 0 Å². The number of rotatable bonds is 0. The van der Waals surface area contributed by atoms with Crippen molar-refractivity contribution < 1.29 is 0 Å². The average molecular weight is 294 g/mol. The molecule has 3 aromatic rings. The summed E-state index contributed by atoms with van der Waals surface area (Å²) >= 11 is 2.37. The van der Waals surface area contributed by atoms with E-state index in [0.717, 1.165) is 0 Å². The minimum Gasteiger partial charge on any atom is -0.313 e. The van der Waals surface area contributed by atoms with Gasteiger partial charge >= 0.3 is 0 Å². The van der Waals surface area contributed by atoms with Gasteiger partial charge in [-0.3, -0.25) is 4.98 Å². The summed E-state index contributed by atoms with van der Waals surface area (Å²) in [5, 5.41) is 1.29. The third-order valence-electron chi connectivity index (χ3n) is 2.38. The van der Waals surface area contributed by atoms with E-state index in [1.165, 1.54) is 20.0 Å². The van der Waals surface area contributed by atoms with E-state index in [1.807, 2.05) is 18.6 Å². The summed E-state index contributed by atoms with van der Waals surface area (Å²) in [5.74, 6) is 0. The van der Waals surface area contributed by atoms with E-state index < -0.39 is 0 Å². The summed E-state index contributed by atoms with van der Waals surface area (Å²) in [6.07, 6.45) is 5.72. The molecule has 0 aliphatic carbocycles. The molecule has 0 fully saturated rings. The Balaban J connectivity index is 2.69. The molecule has 3 rings (SSSR count). The maximum absolute atomic E-state index is 4.14. The van der Waals surface area contributed by atoms with Crippen LogP contribution in [0.3, 0.4) is 0 Å². The molecule has 3 heteroatoms. The Morgan fingerprint density at radius 3 is 2.93 bits per heavy atom. The van der Waals surface area contributed by atoms with Crippen LogP contribution in [-0.2, 0) is 0 Å². The minimum atomic E-state index is 1.18. The summed E-state index contributed by atoms with van der Waals surface area (Å²) in [6, 6.07) is 8.40. The van der Waals surface area contributed by atoms with Crippen LogP contribution >= 0.6 is 22.6 Å². The molecule has 2 heterocycles. The van der Waals surface area contributed by atoms with Gasteiger partial charge in [-0.05, 0) is 28.7 Å². The molecule has 2 nitrogen and oxygen atoms in total. The van der Waals surface area contributed by atoms with E-state index in [4.69, 9.17) is 0 Å². The van der Waals surface area contributed by atoms with Crippen LogP contribution in [0.2, 0.25) is 0 Å². The second-order valence-corrected chi connectivity index (χ2v) is 4.24. The van der Waals surface area contributed by atoms with Crippen molar-refractivity contribution in [2.75, 3.05) is 0 Å². The maximum atomic E-state index is 4.14. The van der Waals surface area contributed by atoms with Crippen LogP contribution in [0.1, 0.15) is 0 Å². The molecule has 0 unspecified atom stereocenters. The van der Waals surface area contributed by atoms with E-state index in [9.17, 15) is 0 Å². The predicted octanol–water partition coefficient (Wildman–Crippen LogP) is 3.09. The Morgan fingerprint density at radius 2 is 2.00 bits per heavy atom. The summed E-state index contributed by atoms with van der Waals surface area (Å²) in [7, 11) is 0. The lowest BCUT2D eigenvalue weighted by Crippen LogP contribution is -1.83. The largest absolute Gasteiger partial charge is 0.313 e. The van der Waals surface area contributed by atoms with Crippen molar-refractivity contribution in [1.29, 1.82) is 0 Å². The van der Waals surface area contributed by atoms with E-state index in [0.29, 0.717) is 0 Å². The zero-order valence-electron chi connectivity index (χ0n) is 7.31. The molecule has 0 aliphatic heterocycles. The third kappa shape index (κ3) is 0.987. The van der Waals surface area contributed by atoms with Crippen molar-refractivity contribution in [2.45, 2.75) is 0 Å². The molecule has 0 spiro atoms. The van der Waals surface area contributed by atoms with Gasteiger partial charge in [-0.2, -0.15) is 0 Å². The quantitative estimate of drug-likeness (QED) is 0.582. The first-order valence-corrected chi connectivity index (χ1v) is 5.44. The molecular weight excluding hydrogens is 287 g/mol. The molecule has 0 aliphatic rings. The molecule has 1 aromatic carbocycles. The first kappa shape index (κ1) is 8.23. The Bertz CT molecular complexity index is 560. The standard InChI is InChI=1S/C11H7IN2/c12-11-8-3-1-2-4-9(8)14-6-5-13-7-10(11)14/h1-7H. The van der Waals surface area contributed by atoms with E-state index >= 15 is 0 Å². The fourth-order valence-corrected chi connectivity index (χ4v) is 2.60. The molecule has 0 saturated carbocycles. The van der Waals surface area contributed by atoms with Gasteiger partial charge in [0.25, 0.3) is 0 Å². The van der Waals surface area contributed by atoms with Gasteiger partial charge < -0.3 is 4.40 Å². The Morgan fingerprint density at radius 1 is 1.14 bits per heavy atom. The van der Waals surface area contributed by atoms with Crippen LogP contribution < -0.4 is 0 Å². The molecule has 0 saturated heterocycles. The number of hydrogen-bond acceptors (Lipinski definition) is 1. The van der Waals surface area contributed by atoms with Gasteiger partial charge in [0, 0.05) is 21.4 Å².